The number of carbonyl (C=O) groups excluding carboxylic acids is 1. The third-order valence-corrected chi connectivity index (χ3v) is 14.0. The first kappa shape index (κ1) is 53.5. The van der Waals surface area contributed by atoms with Crippen molar-refractivity contribution in [3.05, 3.63) is 142 Å². The summed E-state index contributed by atoms with van der Waals surface area (Å²) in [6.45, 7) is 8.31. The highest BCUT2D eigenvalue weighted by Crippen LogP contribution is 2.51. The van der Waals surface area contributed by atoms with Crippen LogP contribution in [-0.4, -0.2) is 100 Å². The Morgan fingerprint density at radius 3 is 2.08 bits per heavy atom. The molecule has 20 nitrogen and oxygen atoms in total. The van der Waals surface area contributed by atoms with Crippen LogP contribution >= 0.6 is 8.53 Å². The average Bonchev–Trinajstić information content (AvgIpc) is 4.01. The maximum absolute atomic E-state index is 12.9. The number of nitrogens with one attached hydrogen (secondary N) is 1. The molecule has 1 aliphatic heterocycles. The summed E-state index contributed by atoms with van der Waals surface area (Å²) in [7, 11) is 1.46. The lowest BCUT2D eigenvalue weighted by Crippen LogP contribution is -2.39. The third-order valence-electron chi connectivity index (χ3n) is 11.8. The Balaban J connectivity index is 1.29. The first-order valence-corrected chi connectivity index (χ1v) is 24.8. The zero-order valence-electron chi connectivity index (χ0n) is 41.5. The van der Waals surface area contributed by atoms with Crippen molar-refractivity contribution in [2.45, 2.75) is 89.5 Å². The van der Waals surface area contributed by atoms with Gasteiger partial charge < -0.3 is 37.5 Å². The molecule has 1 N–H and O–H groups in total. The molecular weight excluding hydrogens is 958 g/mol. The van der Waals surface area contributed by atoms with E-state index in [0.29, 0.717) is 17.9 Å². The summed E-state index contributed by atoms with van der Waals surface area (Å²) in [4.78, 5) is 37.6. The molecule has 73 heavy (non-hydrogen) atoms. The second-order valence-corrected chi connectivity index (χ2v) is 18.6. The van der Waals surface area contributed by atoms with E-state index < -0.39 is 43.6 Å². The van der Waals surface area contributed by atoms with Crippen molar-refractivity contribution in [1.82, 2.24) is 24.2 Å². The Labute approximate surface area is 424 Å². The van der Waals surface area contributed by atoms with Crippen LogP contribution in [0.1, 0.15) is 75.4 Å². The first-order chi connectivity index (χ1) is 35.4. The molecule has 1 aliphatic rings. The summed E-state index contributed by atoms with van der Waals surface area (Å²) in [5, 5.41) is 32.3. The number of benzene rings is 4. The number of ether oxygens (including phenoxy) is 6. The second-order valence-electron chi connectivity index (χ2n) is 17.2. The molecule has 0 radical (unpaired) electrons. The predicted molar refractivity (Wildman–Crippen MR) is 270 cm³/mol. The normalized spacial score (nSPS) is 16.0. The minimum Gasteiger partial charge on any atom is -0.497 e. The number of aromatic nitrogens is 4. The summed E-state index contributed by atoms with van der Waals surface area (Å²) in [5.74, 6) is 1.21. The second kappa shape index (κ2) is 25.4. The van der Waals surface area contributed by atoms with E-state index in [0.717, 1.165) is 22.3 Å². The van der Waals surface area contributed by atoms with E-state index in [4.69, 9.17) is 52.7 Å². The van der Waals surface area contributed by atoms with E-state index >= 15 is 0 Å². The summed E-state index contributed by atoms with van der Waals surface area (Å²) >= 11 is 0. The zero-order valence-corrected chi connectivity index (χ0v) is 42.3. The van der Waals surface area contributed by atoms with E-state index in [1.165, 1.54) is 12.1 Å². The molecule has 1 unspecified atom stereocenters. The monoisotopic (exact) mass is 1020 g/mol. The van der Waals surface area contributed by atoms with E-state index in [-0.39, 0.29) is 86.5 Å². The fourth-order valence-corrected chi connectivity index (χ4v) is 10.2. The highest BCUT2D eigenvalue weighted by Gasteiger charge is 2.45. The van der Waals surface area contributed by atoms with Gasteiger partial charge in [-0.15, -0.1) is 0 Å². The van der Waals surface area contributed by atoms with Crippen molar-refractivity contribution < 1.29 is 47.2 Å². The van der Waals surface area contributed by atoms with Crippen molar-refractivity contribution in [3.63, 3.8) is 0 Å². The number of imidazole rings is 1. The lowest BCUT2D eigenvalue weighted by atomic mass is 9.80. The molecule has 0 aliphatic carbocycles. The number of methoxy groups -OCH3 is 2. The standard InChI is InChI=1S/C52H58N9O11P/c1-35(2)60(36(3)4)73(70-30-11-28-54)72-44-32-46(71-45(44)33-69-52(38-12-8-7-9-13-38,39-16-22-42(65-5)23-17-39)40-18-24-43(66-6)25-19-40)59-34-55-47-48(59)56-50(58-51(62)68-29-10-27-53)57-49(47)67-31-26-37-14-20-41(21-15-37)61(63)64/h7-9,12-25,34-36,44-46H,10-11,26,29-33H2,1-6H3,(H,56,57,58,62)/t44-,45+,46+,73?/m0/s1. The number of rotatable bonds is 25. The molecule has 0 spiro atoms. The lowest BCUT2D eigenvalue weighted by molar-refractivity contribution is -0.384. The molecule has 2 aromatic heterocycles. The molecule has 0 saturated carbocycles. The van der Waals surface area contributed by atoms with Gasteiger partial charge in [-0.2, -0.15) is 20.5 Å². The number of nitro benzene ring substituents is 1. The van der Waals surface area contributed by atoms with Crippen molar-refractivity contribution in [2.75, 3.05) is 46.0 Å². The van der Waals surface area contributed by atoms with Gasteiger partial charge in [0.05, 0.1) is 76.4 Å². The Hall–Kier alpha value is -7.29. The quantitative estimate of drug-likeness (QED) is 0.0184. The van der Waals surface area contributed by atoms with E-state index in [1.807, 2.05) is 84.9 Å². The number of hydrogen-bond acceptors (Lipinski definition) is 17. The van der Waals surface area contributed by atoms with Gasteiger partial charge in [-0.1, -0.05) is 66.7 Å². The van der Waals surface area contributed by atoms with Gasteiger partial charge in [0.1, 0.15) is 36.0 Å². The molecule has 3 heterocycles. The number of non-ortho nitro benzene ring substituents is 1. The van der Waals surface area contributed by atoms with Gasteiger partial charge in [0, 0.05) is 37.1 Å². The maximum atomic E-state index is 12.9. The summed E-state index contributed by atoms with van der Waals surface area (Å²) < 4.78 is 54.4. The number of amides is 1. The molecule has 4 atom stereocenters. The van der Waals surface area contributed by atoms with E-state index in [2.05, 4.69) is 48.7 Å². The Morgan fingerprint density at radius 1 is 0.877 bits per heavy atom. The molecule has 7 rings (SSSR count). The van der Waals surface area contributed by atoms with Gasteiger partial charge >= 0.3 is 6.09 Å². The van der Waals surface area contributed by atoms with Crippen LogP contribution in [0.2, 0.25) is 0 Å². The Morgan fingerprint density at radius 2 is 1.49 bits per heavy atom. The van der Waals surface area contributed by atoms with Crippen LogP contribution in [0.5, 0.6) is 17.4 Å². The highest BCUT2D eigenvalue weighted by molar-refractivity contribution is 7.44. The fourth-order valence-electron chi connectivity index (χ4n) is 8.45. The summed E-state index contributed by atoms with van der Waals surface area (Å²) in [6.07, 6.45) is -0.836. The minimum atomic E-state index is -1.77. The first-order valence-electron chi connectivity index (χ1n) is 23.7. The maximum Gasteiger partial charge on any atom is 0.414 e. The van der Waals surface area contributed by atoms with Gasteiger partial charge in [-0.3, -0.25) is 20.0 Å². The molecule has 1 fully saturated rings. The molecule has 382 valence electrons. The molecule has 21 heteroatoms. The number of hydrogen-bond donors (Lipinski definition) is 1. The SMILES string of the molecule is COc1ccc(C(OC[C@H]2O[C@@H](n3cnc4c(OCCc5ccc([N+](=O)[O-])cc5)nc(NC(=O)OCCC#N)nc43)C[C@@H]2OP(OCCC#N)N(C(C)C)C(C)C)(c2ccccc2)c2ccc(OC)cc2)cc1. The fraction of sp³-hybridized carbons (Fsp3) is 0.385. The predicted octanol–water partition coefficient (Wildman–Crippen LogP) is 9.79. The van der Waals surface area contributed by atoms with Crippen LogP contribution in [-0.2, 0) is 35.3 Å². The van der Waals surface area contributed by atoms with Crippen LogP contribution in [0.4, 0.5) is 16.4 Å². The van der Waals surface area contributed by atoms with Crippen molar-refractivity contribution in [3.8, 4) is 29.5 Å². The van der Waals surface area contributed by atoms with Crippen LogP contribution in [0.25, 0.3) is 11.2 Å². The molecule has 0 bridgehead atoms. The van der Waals surface area contributed by atoms with Gasteiger partial charge in [-0.25, -0.2) is 14.4 Å². The number of fused-ring (bicyclic) bond motifs is 1. The molecule has 6 aromatic rings. The van der Waals surface area contributed by atoms with Gasteiger partial charge in [0.2, 0.25) is 11.8 Å². The van der Waals surface area contributed by atoms with Crippen molar-refractivity contribution in [2.24, 2.45) is 0 Å². The molecular formula is C52H58N9O11P. The summed E-state index contributed by atoms with van der Waals surface area (Å²) in [6, 6.07) is 35.6. The minimum absolute atomic E-state index is 0.00234. The molecule has 4 aromatic carbocycles. The number of nitriles is 2. The number of carbonyl (C=O) groups is 1. The zero-order chi connectivity index (χ0) is 51.9. The topological polar surface area (TPSA) is 240 Å². The summed E-state index contributed by atoms with van der Waals surface area (Å²) in [5.41, 5.74) is 2.50. The number of nitrogens with zero attached hydrogens (tertiary/aromatic N) is 8. The van der Waals surface area contributed by atoms with Crippen molar-refractivity contribution in [1.29, 1.82) is 10.5 Å². The third kappa shape index (κ3) is 13.0. The highest BCUT2D eigenvalue weighted by atomic mass is 31.2. The Kier molecular flexibility index (Phi) is 18.6. The average molecular weight is 1020 g/mol. The number of nitro groups is 1. The van der Waals surface area contributed by atoms with Crippen LogP contribution in [0.3, 0.4) is 0 Å². The van der Waals surface area contributed by atoms with Crippen LogP contribution in [0, 0.1) is 32.8 Å². The van der Waals surface area contributed by atoms with Gasteiger partial charge in [0.25, 0.3) is 14.2 Å². The smallest absolute Gasteiger partial charge is 0.414 e. The van der Waals surface area contributed by atoms with Crippen molar-refractivity contribution >= 4 is 37.4 Å². The van der Waals surface area contributed by atoms with Gasteiger partial charge in [-0.05, 0) is 74.2 Å². The van der Waals surface area contributed by atoms with Crippen LogP contribution < -0.4 is 19.5 Å². The lowest BCUT2D eigenvalue weighted by Gasteiger charge is -2.39. The number of anilines is 1. The van der Waals surface area contributed by atoms with E-state index in [1.54, 1.807) is 37.2 Å². The molecule has 1 amide bonds. The Bertz CT molecular complexity index is 2790. The van der Waals surface area contributed by atoms with E-state index in [9.17, 15) is 20.2 Å². The van der Waals surface area contributed by atoms with Gasteiger partial charge in [0.15, 0.2) is 11.2 Å². The molecule has 1 saturated heterocycles. The van der Waals surface area contributed by atoms with Crippen LogP contribution in [0.15, 0.2) is 109 Å². The largest absolute Gasteiger partial charge is 0.497 e.